The lowest BCUT2D eigenvalue weighted by molar-refractivity contribution is -0.137. The summed E-state index contributed by atoms with van der Waals surface area (Å²) in [6, 6.07) is 0.651. The first-order chi connectivity index (χ1) is 7.75. The van der Waals surface area contributed by atoms with Crippen molar-refractivity contribution in [3.8, 4) is 5.88 Å². The number of pyridine rings is 1. The van der Waals surface area contributed by atoms with Crippen LogP contribution in [-0.2, 0) is 11.0 Å². The number of methoxy groups -OCH3 is 1. The topological polar surface area (TPSA) is 51.2 Å². The maximum absolute atomic E-state index is 12.6. The Morgan fingerprint density at radius 1 is 1.53 bits per heavy atom. The van der Waals surface area contributed by atoms with Gasteiger partial charge in [-0.1, -0.05) is 11.6 Å². The van der Waals surface area contributed by atoms with Gasteiger partial charge in [-0.3, -0.25) is 4.79 Å². The summed E-state index contributed by atoms with van der Waals surface area (Å²) in [7, 11) is 1.21. The van der Waals surface area contributed by atoms with E-state index in [4.69, 9.17) is 11.6 Å². The minimum Gasteiger partial charge on any atom is -0.480 e. The van der Waals surface area contributed by atoms with Crippen molar-refractivity contribution >= 4 is 23.3 Å². The lowest BCUT2D eigenvalue weighted by atomic mass is 10.2. The zero-order valence-electron chi connectivity index (χ0n) is 8.85. The molecule has 0 aromatic carbocycles. The van der Waals surface area contributed by atoms with E-state index < -0.39 is 23.5 Å². The number of anilines is 1. The van der Waals surface area contributed by atoms with E-state index in [1.54, 1.807) is 0 Å². The summed E-state index contributed by atoms with van der Waals surface area (Å²) >= 11 is 5.54. The molecule has 0 saturated carbocycles. The molecule has 4 nitrogen and oxygen atoms in total. The first kappa shape index (κ1) is 13.6. The van der Waals surface area contributed by atoms with Gasteiger partial charge in [0.25, 0.3) is 0 Å². The van der Waals surface area contributed by atoms with Gasteiger partial charge in [-0.05, 0) is 6.07 Å². The number of nitrogens with one attached hydrogen (secondary N) is 1. The largest absolute Gasteiger partial charge is 0.480 e. The highest BCUT2D eigenvalue weighted by Crippen LogP contribution is 2.38. The fourth-order valence-corrected chi connectivity index (χ4v) is 1.32. The Morgan fingerprint density at radius 3 is 2.53 bits per heavy atom. The summed E-state index contributed by atoms with van der Waals surface area (Å²) < 4.78 is 42.5. The zero-order valence-corrected chi connectivity index (χ0v) is 9.61. The molecule has 17 heavy (non-hydrogen) atoms. The van der Waals surface area contributed by atoms with E-state index in [0.717, 1.165) is 6.92 Å². The highest BCUT2D eigenvalue weighted by Gasteiger charge is 2.36. The van der Waals surface area contributed by atoms with Gasteiger partial charge in [-0.2, -0.15) is 18.2 Å². The third-order valence-corrected chi connectivity index (χ3v) is 2.01. The van der Waals surface area contributed by atoms with Gasteiger partial charge in [-0.15, -0.1) is 0 Å². The predicted molar refractivity (Wildman–Crippen MR) is 55.1 cm³/mol. The van der Waals surface area contributed by atoms with E-state index in [2.05, 4.69) is 9.72 Å². The molecule has 0 spiro atoms. The van der Waals surface area contributed by atoms with Gasteiger partial charge in [0, 0.05) is 6.92 Å². The highest BCUT2D eigenvalue weighted by molar-refractivity contribution is 6.32. The van der Waals surface area contributed by atoms with Crippen LogP contribution in [0.1, 0.15) is 12.5 Å². The van der Waals surface area contributed by atoms with Crippen molar-refractivity contribution in [1.82, 2.24) is 4.98 Å². The first-order valence-corrected chi connectivity index (χ1v) is 4.72. The van der Waals surface area contributed by atoms with Crippen LogP contribution in [0.15, 0.2) is 6.07 Å². The van der Waals surface area contributed by atoms with Crippen LogP contribution in [0, 0.1) is 0 Å². The van der Waals surface area contributed by atoms with Gasteiger partial charge in [0.1, 0.15) is 16.4 Å². The van der Waals surface area contributed by atoms with Crippen LogP contribution in [0.2, 0.25) is 5.02 Å². The molecule has 1 aromatic rings. The molecule has 0 fully saturated rings. The van der Waals surface area contributed by atoms with E-state index in [0.29, 0.717) is 6.07 Å². The number of carbonyl (C=O) groups is 1. The molecule has 1 rings (SSSR count). The SMILES string of the molecule is COc1nc(NC(C)=O)c(C(F)(F)F)cc1Cl. The average molecular weight is 269 g/mol. The summed E-state index contributed by atoms with van der Waals surface area (Å²) in [6.07, 6.45) is -4.67. The Bertz CT molecular complexity index is 449. The summed E-state index contributed by atoms with van der Waals surface area (Å²) in [6.45, 7) is 1.07. The fourth-order valence-electron chi connectivity index (χ4n) is 1.09. The van der Waals surface area contributed by atoms with E-state index >= 15 is 0 Å². The molecular formula is C9H8ClF3N2O2. The number of carbonyl (C=O) groups excluding carboxylic acids is 1. The number of amides is 1. The van der Waals surface area contributed by atoms with E-state index in [9.17, 15) is 18.0 Å². The van der Waals surface area contributed by atoms with Crippen molar-refractivity contribution in [1.29, 1.82) is 0 Å². The number of halogens is 4. The van der Waals surface area contributed by atoms with Crippen molar-refractivity contribution < 1.29 is 22.7 Å². The molecule has 1 aromatic heterocycles. The third kappa shape index (κ3) is 3.23. The number of hydrogen-bond donors (Lipinski definition) is 1. The van der Waals surface area contributed by atoms with Gasteiger partial charge < -0.3 is 10.1 Å². The normalized spacial score (nSPS) is 11.2. The molecule has 1 heterocycles. The van der Waals surface area contributed by atoms with Crippen LogP contribution >= 0.6 is 11.6 Å². The summed E-state index contributed by atoms with van der Waals surface area (Å²) in [4.78, 5) is 14.3. The number of rotatable bonds is 2. The van der Waals surface area contributed by atoms with Crippen molar-refractivity contribution in [2.24, 2.45) is 0 Å². The summed E-state index contributed by atoms with van der Waals surface area (Å²) in [5.74, 6) is -1.50. The minimum absolute atomic E-state index is 0.191. The predicted octanol–water partition coefficient (Wildman–Crippen LogP) is 2.72. The van der Waals surface area contributed by atoms with Crippen molar-refractivity contribution in [2.75, 3.05) is 12.4 Å². The maximum Gasteiger partial charge on any atom is 0.420 e. The molecule has 0 unspecified atom stereocenters. The summed E-state index contributed by atoms with van der Waals surface area (Å²) in [5.41, 5.74) is -1.13. The molecule has 0 radical (unpaired) electrons. The monoisotopic (exact) mass is 268 g/mol. The van der Waals surface area contributed by atoms with Crippen molar-refractivity contribution in [2.45, 2.75) is 13.1 Å². The van der Waals surface area contributed by atoms with Gasteiger partial charge in [0.15, 0.2) is 0 Å². The molecule has 0 aliphatic heterocycles. The van der Waals surface area contributed by atoms with Crippen LogP contribution in [0.25, 0.3) is 0 Å². The molecule has 0 saturated heterocycles. The van der Waals surface area contributed by atoms with E-state index in [1.807, 2.05) is 5.32 Å². The number of alkyl halides is 3. The van der Waals surface area contributed by atoms with E-state index in [1.165, 1.54) is 7.11 Å². The molecule has 0 bridgehead atoms. The fraction of sp³-hybridized carbons (Fsp3) is 0.333. The second-order valence-corrected chi connectivity index (χ2v) is 3.46. The molecule has 0 aliphatic carbocycles. The van der Waals surface area contributed by atoms with Crippen LogP contribution in [-0.4, -0.2) is 18.0 Å². The standard InChI is InChI=1S/C9H8ClF3N2O2/c1-4(16)14-7-5(9(11,12)13)3-6(10)8(15-7)17-2/h3H,1-2H3,(H,14,15,16). The Labute approximate surface area is 99.7 Å². The molecule has 1 amide bonds. The Balaban J connectivity index is 3.36. The second-order valence-electron chi connectivity index (χ2n) is 3.05. The molecule has 1 N–H and O–H groups in total. The van der Waals surface area contributed by atoms with Crippen molar-refractivity contribution in [3.05, 3.63) is 16.7 Å². The average Bonchev–Trinajstić information content (AvgIpc) is 2.17. The number of nitrogens with zero attached hydrogens (tertiary/aromatic N) is 1. The van der Waals surface area contributed by atoms with Crippen LogP contribution in [0.3, 0.4) is 0 Å². The molecule has 0 aliphatic rings. The summed E-state index contributed by atoms with van der Waals surface area (Å²) in [5, 5.41) is 1.69. The van der Waals surface area contributed by atoms with Crippen LogP contribution in [0.4, 0.5) is 19.0 Å². The molecule has 8 heteroatoms. The van der Waals surface area contributed by atoms with Gasteiger partial charge in [-0.25, -0.2) is 0 Å². The third-order valence-electron chi connectivity index (χ3n) is 1.74. The Morgan fingerprint density at radius 2 is 2.12 bits per heavy atom. The van der Waals surface area contributed by atoms with Gasteiger partial charge >= 0.3 is 6.18 Å². The van der Waals surface area contributed by atoms with Gasteiger partial charge in [0.2, 0.25) is 11.8 Å². The molecular weight excluding hydrogens is 261 g/mol. The smallest absolute Gasteiger partial charge is 0.420 e. The number of ether oxygens (including phenoxy) is 1. The quantitative estimate of drug-likeness (QED) is 0.897. The highest BCUT2D eigenvalue weighted by atomic mass is 35.5. The maximum atomic E-state index is 12.6. The van der Waals surface area contributed by atoms with Gasteiger partial charge in [0.05, 0.1) is 7.11 Å². The molecule has 0 atom stereocenters. The molecule has 94 valence electrons. The van der Waals surface area contributed by atoms with E-state index in [-0.39, 0.29) is 10.9 Å². The number of aromatic nitrogens is 1. The number of hydrogen-bond acceptors (Lipinski definition) is 3. The Kier molecular flexibility index (Phi) is 3.82. The first-order valence-electron chi connectivity index (χ1n) is 4.35. The lowest BCUT2D eigenvalue weighted by Crippen LogP contribution is -2.16. The zero-order chi connectivity index (χ0) is 13.2. The lowest BCUT2D eigenvalue weighted by Gasteiger charge is -2.14. The van der Waals surface area contributed by atoms with Crippen molar-refractivity contribution in [3.63, 3.8) is 0 Å². The van der Waals surface area contributed by atoms with Crippen LogP contribution < -0.4 is 10.1 Å². The van der Waals surface area contributed by atoms with Crippen LogP contribution in [0.5, 0.6) is 5.88 Å². The Hall–Kier alpha value is -1.50. The minimum atomic E-state index is -4.67. The second kappa shape index (κ2) is 4.79.